The van der Waals surface area contributed by atoms with E-state index in [1.807, 2.05) is 6.07 Å². The van der Waals surface area contributed by atoms with Crippen LogP contribution in [0, 0.1) is 6.92 Å². The fourth-order valence-corrected chi connectivity index (χ4v) is 2.48. The van der Waals surface area contributed by atoms with E-state index in [9.17, 15) is 0 Å². The topological polar surface area (TPSA) is 18.5 Å². The van der Waals surface area contributed by atoms with Gasteiger partial charge in [0.2, 0.25) is 0 Å². The lowest BCUT2D eigenvalue weighted by atomic mass is 10.0. The van der Waals surface area contributed by atoms with Gasteiger partial charge in [-0.3, -0.25) is 0 Å². The Morgan fingerprint density at radius 1 is 0.727 bits per heavy atom. The molecule has 0 unspecified atom stereocenters. The van der Waals surface area contributed by atoms with Crippen LogP contribution in [0.5, 0.6) is 5.75 Å². The summed E-state index contributed by atoms with van der Waals surface area (Å²) < 4.78 is 10.7. The Kier molecular flexibility index (Phi) is 4.40. The van der Waals surface area contributed by atoms with Gasteiger partial charge in [0.05, 0.1) is 6.61 Å². The summed E-state index contributed by atoms with van der Waals surface area (Å²) in [6.07, 6.45) is 0. The molecular weight excluding hydrogens is 272 g/mol. The van der Waals surface area contributed by atoms with Gasteiger partial charge in [-0.05, 0) is 47.0 Å². The van der Waals surface area contributed by atoms with Gasteiger partial charge < -0.3 is 9.47 Å². The predicted octanol–water partition coefficient (Wildman–Crippen LogP) is 4.84. The summed E-state index contributed by atoms with van der Waals surface area (Å²) in [5.74, 6) is 0.882. The smallest absolute Gasteiger partial charge is 0.120 e. The summed E-state index contributed by atoms with van der Waals surface area (Å²) in [5, 5.41) is 2.41. The van der Waals surface area contributed by atoms with Crippen LogP contribution < -0.4 is 4.74 Å². The molecule has 2 heteroatoms. The van der Waals surface area contributed by atoms with E-state index in [-0.39, 0.29) is 0 Å². The first-order valence-electron chi connectivity index (χ1n) is 7.49. The molecule has 0 aromatic heterocycles. The van der Waals surface area contributed by atoms with Crippen LogP contribution in [0.1, 0.15) is 5.56 Å². The van der Waals surface area contributed by atoms with Crippen LogP contribution in [-0.4, -0.2) is 20.3 Å². The van der Waals surface area contributed by atoms with Crippen molar-refractivity contribution in [2.45, 2.75) is 6.92 Å². The summed E-state index contributed by atoms with van der Waals surface area (Å²) in [6, 6.07) is 21.3. The maximum absolute atomic E-state index is 5.66. The molecule has 112 valence electrons. The zero-order chi connectivity index (χ0) is 15.4. The van der Waals surface area contributed by atoms with E-state index in [4.69, 9.17) is 9.47 Å². The molecule has 22 heavy (non-hydrogen) atoms. The number of rotatable bonds is 5. The van der Waals surface area contributed by atoms with Gasteiger partial charge in [-0.1, -0.05) is 48.0 Å². The summed E-state index contributed by atoms with van der Waals surface area (Å²) in [7, 11) is 1.68. The van der Waals surface area contributed by atoms with Crippen LogP contribution in [0.25, 0.3) is 21.9 Å². The first kappa shape index (κ1) is 14.6. The largest absolute Gasteiger partial charge is 0.491 e. The van der Waals surface area contributed by atoms with E-state index in [1.165, 1.54) is 27.5 Å². The number of ether oxygens (including phenoxy) is 2. The normalized spacial score (nSPS) is 10.8. The van der Waals surface area contributed by atoms with Gasteiger partial charge >= 0.3 is 0 Å². The summed E-state index contributed by atoms with van der Waals surface area (Å²) in [5.41, 5.74) is 3.76. The second-order valence-electron chi connectivity index (χ2n) is 5.43. The van der Waals surface area contributed by atoms with E-state index in [0.29, 0.717) is 13.2 Å². The molecule has 3 rings (SSSR count). The molecule has 0 radical (unpaired) electrons. The molecule has 3 aromatic carbocycles. The third-order valence-corrected chi connectivity index (χ3v) is 3.75. The van der Waals surface area contributed by atoms with Gasteiger partial charge in [0.25, 0.3) is 0 Å². The van der Waals surface area contributed by atoms with Gasteiger partial charge in [-0.15, -0.1) is 0 Å². The minimum Gasteiger partial charge on any atom is -0.491 e. The van der Waals surface area contributed by atoms with Crippen LogP contribution in [0.3, 0.4) is 0 Å². The van der Waals surface area contributed by atoms with Gasteiger partial charge in [0.1, 0.15) is 12.4 Å². The molecule has 0 heterocycles. The Balaban J connectivity index is 1.87. The van der Waals surface area contributed by atoms with Gasteiger partial charge in [-0.2, -0.15) is 0 Å². The molecule has 0 aliphatic carbocycles. The standard InChI is InChI=1S/C20H20O2/c1-15-3-5-16(6-4-15)17-7-8-19-14-20(22-12-11-21-2)10-9-18(19)13-17/h3-10,13-14H,11-12H2,1-2H3. The molecule has 0 bridgehead atoms. The molecule has 2 nitrogen and oxygen atoms in total. The second kappa shape index (κ2) is 6.63. The minimum atomic E-state index is 0.573. The van der Waals surface area contributed by atoms with E-state index >= 15 is 0 Å². The molecule has 0 N–H and O–H groups in total. The van der Waals surface area contributed by atoms with E-state index < -0.39 is 0 Å². The van der Waals surface area contributed by atoms with Gasteiger partial charge in [0, 0.05) is 7.11 Å². The van der Waals surface area contributed by atoms with Crippen molar-refractivity contribution in [3.8, 4) is 16.9 Å². The monoisotopic (exact) mass is 292 g/mol. The Labute approximate surface area is 131 Å². The predicted molar refractivity (Wildman–Crippen MR) is 91.5 cm³/mol. The third-order valence-electron chi connectivity index (χ3n) is 3.75. The highest BCUT2D eigenvalue weighted by Crippen LogP contribution is 2.27. The highest BCUT2D eigenvalue weighted by Gasteiger charge is 2.02. The van der Waals surface area contributed by atoms with Crippen molar-refractivity contribution in [1.29, 1.82) is 0 Å². The van der Waals surface area contributed by atoms with Crippen molar-refractivity contribution >= 4 is 10.8 Å². The van der Waals surface area contributed by atoms with Gasteiger partial charge in [0.15, 0.2) is 0 Å². The summed E-state index contributed by atoms with van der Waals surface area (Å²) in [4.78, 5) is 0. The highest BCUT2D eigenvalue weighted by atomic mass is 16.5. The molecule has 0 spiro atoms. The summed E-state index contributed by atoms with van der Waals surface area (Å²) >= 11 is 0. The van der Waals surface area contributed by atoms with Crippen LogP contribution in [0.15, 0.2) is 60.7 Å². The zero-order valence-electron chi connectivity index (χ0n) is 13.0. The Hall–Kier alpha value is -2.32. The first-order valence-corrected chi connectivity index (χ1v) is 7.49. The summed E-state index contributed by atoms with van der Waals surface area (Å²) in [6.45, 7) is 3.28. The zero-order valence-corrected chi connectivity index (χ0v) is 13.0. The molecule has 0 saturated carbocycles. The highest BCUT2D eigenvalue weighted by molar-refractivity contribution is 5.88. The number of hydrogen-bond donors (Lipinski definition) is 0. The molecular formula is C20H20O2. The Bertz CT molecular complexity index is 760. The fourth-order valence-electron chi connectivity index (χ4n) is 2.48. The minimum absolute atomic E-state index is 0.573. The maximum Gasteiger partial charge on any atom is 0.120 e. The van der Waals surface area contributed by atoms with Crippen molar-refractivity contribution in [1.82, 2.24) is 0 Å². The molecule has 0 atom stereocenters. The molecule has 0 fully saturated rings. The van der Waals surface area contributed by atoms with Crippen LogP contribution in [-0.2, 0) is 4.74 Å². The fraction of sp³-hybridized carbons (Fsp3) is 0.200. The van der Waals surface area contributed by atoms with Crippen molar-refractivity contribution in [2.75, 3.05) is 20.3 Å². The molecule has 0 saturated heterocycles. The van der Waals surface area contributed by atoms with Crippen molar-refractivity contribution in [3.63, 3.8) is 0 Å². The Morgan fingerprint density at radius 3 is 2.18 bits per heavy atom. The van der Waals surface area contributed by atoms with Crippen LogP contribution in [0.2, 0.25) is 0 Å². The number of hydrogen-bond acceptors (Lipinski definition) is 2. The van der Waals surface area contributed by atoms with Crippen molar-refractivity contribution in [2.24, 2.45) is 0 Å². The number of methoxy groups -OCH3 is 1. The lowest BCUT2D eigenvalue weighted by Crippen LogP contribution is -2.03. The average molecular weight is 292 g/mol. The van der Waals surface area contributed by atoms with Crippen LogP contribution in [0.4, 0.5) is 0 Å². The lowest BCUT2D eigenvalue weighted by Gasteiger charge is -2.08. The van der Waals surface area contributed by atoms with Crippen molar-refractivity contribution in [3.05, 3.63) is 66.2 Å². The second-order valence-corrected chi connectivity index (χ2v) is 5.43. The van der Waals surface area contributed by atoms with Crippen molar-refractivity contribution < 1.29 is 9.47 Å². The lowest BCUT2D eigenvalue weighted by molar-refractivity contribution is 0.146. The molecule has 0 aliphatic heterocycles. The van der Waals surface area contributed by atoms with Gasteiger partial charge in [-0.25, -0.2) is 0 Å². The number of aryl methyl sites for hydroxylation is 1. The average Bonchev–Trinajstić information content (AvgIpc) is 2.55. The first-order chi connectivity index (χ1) is 10.8. The molecule has 0 aliphatic rings. The van der Waals surface area contributed by atoms with Crippen LogP contribution >= 0.6 is 0 Å². The van der Waals surface area contributed by atoms with E-state index in [2.05, 4.69) is 61.5 Å². The molecule has 3 aromatic rings. The van der Waals surface area contributed by atoms with E-state index in [1.54, 1.807) is 7.11 Å². The quantitative estimate of drug-likeness (QED) is 0.626. The maximum atomic E-state index is 5.66. The SMILES string of the molecule is COCCOc1ccc2cc(-c3ccc(C)cc3)ccc2c1. The van der Waals surface area contributed by atoms with E-state index in [0.717, 1.165) is 5.75 Å². The number of benzene rings is 3. The third kappa shape index (κ3) is 3.29. The number of fused-ring (bicyclic) bond motifs is 1. The molecule has 0 amide bonds. The Morgan fingerprint density at radius 2 is 1.41 bits per heavy atom.